The van der Waals surface area contributed by atoms with E-state index in [1.54, 1.807) is 11.8 Å². The van der Waals surface area contributed by atoms with Crippen LogP contribution in [0.5, 0.6) is 0 Å². The molecule has 162 valence electrons. The quantitative estimate of drug-likeness (QED) is 0.695. The highest BCUT2D eigenvalue weighted by Crippen LogP contribution is 2.28. The molecule has 1 saturated heterocycles. The predicted molar refractivity (Wildman–Crippen MR) is 111 cm³/mol. The molecule has 31 heavy (non-hydrogen) atoms. The number of carbonyl (C=O) groups excluding carboxylic acids is 1. The summed E-state index contributed by atoms with van der Waals surface area (Å²) in [6, 6.07) is 11.5. The van der Waals surface area contributed by atoms with Gasteiger partial charge in [-0.05, 0) is 44.4 Å². The van der Waals surface area contributed by atoms with Gasteiger partial charge < -0.3 is 10.0 Å². The molecule has 0 radical (unpaired) electrons. The maximum absolute atomic E-state index is 13.6. The van der Waals surface area contributed by atoms with Crippen LogP contribution in [0.15, 0.2) is 42.5 Å². The molecule has 2 heterocycles. The van der Waals surface area contributed by atoms with Crippen molar-refractivity contribution in [1.29, 1.82) is 0 Å². The number of amides is 1. The summed E-state index contributed by atoms with van der Waals surface area (Å²) in [6.07, 6.45) is 1.47. The van der Waals surface area contributed by atoms with E-state index < -0.39 is 17.2 Å². The second-order valence-corrected chi connectivity index (χ2v) is 8.22. The van der Waals surface area contributed by atoms with E-state index in [4.69, 9.17) is 0 Å². The smallest absolute Gasteiger partial charge is 0.276 e. The third-order valence-electron chi connectivity index (χ3n) is 5.84. The van der Waals surface area contributed by atoms with Crippen LogP contribution >= 0.6 is 0 Å². The molecule has 8 heteroatoms. The van der Waals surface area contributed by atoms with Crippen LogP contribution < -0.4 is 0 Å². The lowest BCUT2D eigenvalue weighted by atomic mass is 9.85. The summed E-state index contributed by atoms with van der Waals surface area (Å²) in [5, 5.41) is 18.9. The third-order valence-corrected chi connectivity index (χ3v) is 5.84. The first-order valence-electron chi connectivity index (χ1n) is 10.2. The molecule has 1 aliphatic rings. The Bertz CT molecular complexity index is 1120. The van der Waals surface area contributed by atoms with E-state index in [1.807, 2.05) is 25.1 Å². The fourth-order valence-corrected chi connectivity index (χ4v) is 4.04. The van der Waals surface area contributed by atoms with Crippen LogP contribution in [0.2, 0.25) is 0 Å². The van der Waals surface area contributed by atoms with Gasteiger partial charge in [0.05, 0.1) is 17.0 Å². The predicted octanol–water partition coefficient (Wildman–Crippen LogP) is 3.37. The average Bonchev–Trinajstić information content (AvgIpc) is 3.11. The Labute approximate surface area is 179 Å². The lowest BCUT2D eigenvalue weighted by Crippen LogP contribution is -2.48. The standard InChI is InChI=1S/C23H24F2N4O2/c1-15-4-3-5-17(12-15)14-23(31)8-10-28(11-9-23)22(30)21-16(2)29(27-26-21)18-6-7-19(24)20(25)13-18/h3-7,12-13,31H,8-11,14H2,1-2H3. The Balaban J connectivity index is 1.45. The molecule has 0 atom stereocenters. The van der Waals surface area contributed by atoms with Gasteiger partial charge >= 0.3 is 0 Å². The van der Waals surface area contributed by atoms with Crippen LogP contribution in [0.4, 0.5) is 8.78 Å². The van der Waals surface area contributed by atoms with Gasteiger partial charge in [-0.25, -0.2) is 13.5 Å². The van der Waals surface area contributed by atoms with Gasteiger partial charge in [0, 0.05) is 25.6 Å². The highest BCUT2D eigenvalue weighted by atomic mass is 19.2. The molecular formula is C23H24F2N4O2. The molecule has 3 aromatic rings. The number of halogens is 2. The zero-order valence-electron chi connectivity index (χ0n) is 17.5. The molecule has 1 N–H and O–H groups in total. The van der Waals surface area contributed by atoms with Crippen LogP contribution in [0.3, 0.4) is 0 Å². The molecule has 6 nitrogen and oxygen atoms in total. The lowest BCUT2D eigenvalue weighted by Gasteiger charge is -2.38. The van der Waals surface area contributed by atoms with Crippen molar-refractivity contribution in [2.45, 2.75) is 38.7 Å². The van der Waals surface area contributed by atoms with Gasteiger partial charge in [-0.15, -0.1) is 5.10 Å². The Hall–Kier alpha value is -3.13. The minimum absolute atomic E-state index is 0.161. The summed E-state index contributed by atoms with van der Waals surface area (Å²) in [4.78, 5) is 14.6. The average molecular weight is 426 g/mol. The van der Waals surface area contributed by atoms with Gasteiger partial charge in [0.2, 0.25) is 0 Å². The molecule has 4 rings (SSSR count). The highest BCUT2D eigenvalue weighted by molar-refractivity contribution is 5.93. The van der Waals surface area contributed by atoms with E-state index in [0.717, 1.165) is 23.3 Å². The van der Waals surface area contributed by atoms with E-state index in [0.29, 0.717) is 38.0 Å². The molecule has 0 aliphatic carbocycles. The van der Waals surface area contributed by atoms with Crippen LogP contribution in [-0.4, -0.2) is 49.6 Å². The fraction of sp³-hybridized carbons (Fsp3) is 0.348. The number of carbonyl (C=O) groups is 1. The molecule has 0 saturated carbocycles. The SMILES string of the molecule is Cc1cccc(CC2(O)CCN(C(=O)c3nnn(-c4ccc(F)c(F)c4)c3C)CC2)c1. The topological polar surface area (TPSA) is 71.2 Å². The van der Waals surface area contributed by atoms with E-state index in [2.05, 4.69) is 16.4 Å². The van der Waals surface area contributed by atoms with E-state index in [1.165, 1.54) is 10.7 Å². The van der Waals surface area contributed by atoms with Gasteiger partial charge in [0.15, 0.2) is 17.3 Å². The number of piperidine rings is 1. The molecule has 1 fully saturated rings. The number of rotatable bonds is 4. The number of nitrogens with zero attached hydrogens (tertiary/aromatic N) is 4. The van der Waals surface area contributed by atoms with Crippen molar-refractivity contribution in [1.82, 2.24) is 19.9 Å². The van der Waals surface area contributed by atoms with Crippen molar-refractivity contribution in [2.75, 3.05) is 13.1 Å². The first kappa shape index (κ1) is 21.1. The zero-order chi connectivity index (χ0) is 22.2. The van der Waals surface area contributed by atoms with Crippen molar-refractivity contribution in [3.8, 4) is 5.69 Å². The Morgan fingerprint density at radius 1 is 1.10 bits per heavy atom. The lowest BCUT2D eigenvalue weighted by molar-refractivity contribution is -0.0163. The molecule has 0 bridgehead atoms. The van der Waals surface area contributed by atoms with Crippen LogP contribution in [-0.2, 0) is 6.42 Å². The van der Waals surface area contributed by atoms with Crippen LogP contribution in [0, 0.1) is 25.5 Å². The van der Waals surface area contributed by atoms with Crippen LogP contribution in [0.1, 0.15) is 40.2 Å². The molecule has 0 unspecified atom stereocenters. The Morgan fingerprint density at radius 3 is 2.52 bits per heavy atom. The third kappa shape index (κ3) is 4.34. The number of aryl methyl sites for hydroxylation is 1. The summed E-state index contributed by atoms with van der Waals surface area (Å²) in [7, 11) is 0. The number of benzene rings is 2. The van der Waals surface area contributed by atoms with Crippen LogP contribution in [0.25, 0.3) is 5.69 Å². The normalized spacial score (nSPS) is 15.8. The van der Waals surface area contributed by atoms with E-state index in [9.17, 15) is 18.7 Å². The first-order valence-corrected chi connectivity index (χ1v) is 10.2. The molecular weight excluding hydrogens is 402 g/mol. The van der Waals surface area contributed by atoms with Crippen molar-refractivity contribution in [2.24, 2.45) is 0 Å². The maximum atomic E-state index is 13.6. The largest absolute Gasteiger partial charge is 0.389 e. The summed E-state index contributed by atoms with van der Waals surface area (Å²) < 4.78 is 28.1. The monoisotopic (exact) mass is 426 g/mol. The molecule has 1 aliphatic heterocycles. The van der Waals surface area contributed by atoms with Crippen molar-refractivity contribution < 1.29 is 18.7 Å². The first-order chi connectivity index (χ1) is 14.8. The second kappa shape index (κ2) is 8.19. The number of aliphatic hydroxyl groups is 1. The second-order valence-electron chi connectivity index (χ2n) is 8.22. The summed E-state index contributed by atoms with van der Waals surface area (Å²) in [5.41, 5.74) is 2.25. The van der Waals surface area contributed by atoms with Gasteiger partial charge in [-0.1, -0.05) is 35.0 Å². The minimum atomic E-state index is -0.996. The molecule has 2 aromatic carbocycles. The molecule has 1 aromatic heterocycles. The zero-order valence-corrected chi connectivity index (χ0v) is 17.5. The summed E-state index contributed by atoms with van der Waals surface area (Å²) in [6.45, 7) is 4.48. The Kier molecular flexibility index (Phi) is 5.58. The van der Waals surface area contributed by atoms with Crippen molar-refractivity contribution in [3.63, 3.8) is 0 Å². The number of likely N-dealkylation sites (tertiary alicyclic amines) is 1. The van der Waals surface area contributed by atoms with Gasteiger partial charge in [-0.3, -0.25) is 4.79 Å². The summed E-state index contributed by atoms with van der Waals surface area (Å²) >= 11 is 0. The Morgan fingerprint density at radius 2 is 1.84 bits per heavy atom. The van der Waals surface area contributed by atoms with Crippen molar-refractivity contribution in [3.05, 3.63) is 76.6 Å². The fourth-order valence-electron chi connectivity index (χ4n) is 4.04. The number of hydrogen-bond donors (Lipinski definition) is 1. The molecule has 1 amide bonds. The summed E-state index contributed by atoms with van der Waals surface area (Å²) in [5.74, 6) is -2.24. The number of aromatic nitrogens is 3. The molecule has 0 spiro atoms. The van der Waals surface area contributed by atoms with E-state index in [-0.39, 0.29) is 17.3 Å². The number of hydrogen-bond acceptors (Lipinski definition) is 4. The minimum Gasteiger partial charge on any atom is -0.389 e. The van der Waals surface area contributed by atoms with Gasteiger partial charge in [0.1, 0.15) is 0 Å². The highest BCUT2D eigenvalue weighted by Gasteiger charge is 2.35. The van der Waals surface area contributed by atoms with Gasteiger partial charge in [-0.2, -0.15) is 0 Å². The maximum Gasteiger partial charge on any atom is 0.276 e. The van der Waals surface area contributed by atoms with E-state index >= 15 is 0 Å². The van der Waals surface area contributed by atoms with Gasteiger partial charge in [0.25, 0.3) is 5.91 Å². The van der Waals surface area contributed by atoms with Crippen molar-refractivity contribution >= 4 is 5.91 Å².